The van der Waals surface area contributed by atoms with Crippen LogP contribution in [0.2, 0.25) is 0 Å². The predicted octanol–water partition coefficient (Wildman–Crippen LogP) is 2.73. The molecule has 9 nitrogen and oxygen atoms in total. The zero-order valence-electron chi connectivity index (χ0n) is 24.8. The Bertz CT molecular complexity index is 1210. The summed E-state index contributed by atoms with van der Waals surface area (Å²) < 4.78 is 3.61. The standard InChI is InChI=1S/C13H13N.C7H6O.C6H7N.C4H6O4.C2H3BO2.Na/c1-3-7-12(8-4-1)11-14-13-9-5-2-6-10-13;8-6-7-4-2-1-3-5-7;7-6-4-2-1-3-5-6;1-3(5)7-8-4(2)6;1-2(4)5-3;/h1-10,14H,11H2;1-6H;1-5H,7H2;1-2H3;1H3;/q;;;;-1;+1. The van der Waals surface area contributed by atoms with Crippen molar-refractivity contribution in [1.82, 2.24) is 0 Å². The van der Waals surface area contributed by atoms with Gasteiger partial charge in [-0.3, -0.25) is 9.59 Å². The van der Waals surface area contributed by atoms with Gasteiger partial charge in [0.05, 0.1) is 0 Å². The molecule has 0 unspecified atom stereocenters. The van der Waals surface area contributed by atoms with Gasteiger partial charge in [0.15, 0.2) is 0 Å². The molecule has 0 aliphatic heterocycles. The summed E-state index contributed by atoms with van der Waals surface area (Å²) in [5, 5.41) is 3.36. The van der Waals surface area contributed by atoms with Crippen LogP contribution in [0.3, 0.4) is 0 Å². The zero-order valence-corrected chi connectivity index (χ0v) is 26.8. The number of nitrogens with two attached hydrogens (primary N) is 1. The second kappa shape index (κ2) is 27.8. The number of aldehydes is 1. The third-order valence-corrected chi connectivity index (χ3v) is 4.29. The molecule has 0 saturated carbocycles. The fourth-order valence-corrected chi connectivity index (χ4v) is 2.46. The Balaban J connectivity index is 0. The van der Waals surface area contributed by atoms with Gasteiger partial charge in [-0.2, -0.15) is 0 Å². The number of carbonyl (C=O) groups excluding carboxylic acids is 4. The van der Waals surface area contributed by atoms with Crippen molar-refractivity contribution in [2.24, 2.45) is 0 Å². The first-order valence-corrected chi connectivity index (χ1v) is 12.5. The molecular formula is C32H35BN2NaO7. The number of rotatable bonds is 4. The van der Waals surface area contributed by atoms with Crippen molar-refractivity contribution in [2.45, 2.75) is 27.3 Å². The first kappa shape index (κ1) is 40.8. The second-order valence-corrected chi connectivity index (χ2v) is 7.90. The summed E-state index contributed by atoms with van der Waals surface area (Å²) in [4.78, 5) is 46.8. The molecule has 0 aliphatic carbocycles. The summed E-state index contributed by atoms with van der Waals surface area (Å²) in [7, 11) is 4.32. The Morgan fingerprint density at radius 3 is 1.35 bits per heavy atom. The van der Waals surface area contributed by atoms with Crippen LogP contribution in [0.5, 0.6) is 0 Å². The maximum atomic E-state index is 10.0. The zero-order chi connectivity index (χ0) is 31.4. The molecule has 0 atom stereocenters. The Kier molecular flexibility index (Phi) is 26.3. The van der Waals surface area contributed by atoms with E-state index in [2.05, 4.69) is 64.2 Å². The number of hydrogen-bond acceptors (Lipinski definition) is 9. The number of nitrogens with one attached hydrogen (secondary N) is 1. The molecule has 0 aromatic heterocycles. The minimum atomic E-state index is -0.639. The van der Waals surface area contributed by atoms with E-state index in [1.165, 1.54) is 12.5 Å². The molecule has 0 amide bonds. The summed E-state index contributed by atoms with van der Waals surface area (Å²) in [5.41, 5.74) is 9.37. The van der Waals surface area contributed by atoms with E-state index in [-0.39, 0.29) is 29.6 Å². The van der Waals surface area contributed by atoms with E-state index in [1.54, 1.807) is 12.1 Å². The maximum absolute atomic E-state index is 10.0. The van der Waals surface area contributed by atoms with Crippen molar-refractivity contribution in [3.05, 3.63) is 132 Å². The Morgan fingerprint density at radius 2 is 1.05 bits per heavy atom. The van der Waals surface area contributed by atoms with Crippen LogP contribution in [0.25, 0.3) is 0 Å². The molecule has 43 heavy (non-hydrogen) atoms. The van der Waals surface area contributed by atoms with Gasteiger partial charge in [-0.25, -0.2) is 19.4 Å². The summed E-state index contributed by atoms with van der Waals surface area (Å²) >= 11 is 0. The monoisotopic (exact) mass is 593 g/mol. The molecule has 0 bridgehead atoms. The van der Waals surface area contributed by atoms with Crippen LogP contribution in [0, 0.1) is 0 Å². The molecule has 0 heterocycles. The van der Waals surface area contributed by atoms with E-state index >= 15 is 0 Å². The summed E-state index contributed by atoms with van der Waals surface area (Å²) in [6.07, 6.45) is 0.833. The van der Waals surface area contributed by atoms with Gasteiger partial charge in [0.1, 0.15) is 6.29 Å². The topological polar surface area (TPSA) is 134 Å². The summed E-state index contributed by atoms with van der Waals surface area (Å²) in [5.74, 6) is -1.74. The van der Waals surface area contributed by atoms with Crippen LogP contribution < -0.4 is 40.6 Å². The predicted molar refractivity (Wildman–Crippen MR) is 164 cm³/mol. The molecular weight excluding hydrogens is 558 g/mol. The summed E-state index contributed by atoms with van der Waals surface area (Å²) in [6.45, 7) is 4.40. The van der Waals surface area contributed by atoms with E-state index in [4.69, 9.17) is 5.73 Å². The van der Waals surface area contributed by atoms with Gasteiger partial charge in [0.25, 0.3) is 0 Å². The quantitative estimate of drug-likeness (QED) is 0.120. The van der Waals surface area contributed by atoms with Gasteiger partial charge < -0.3 is 23.8 Å². The van der Waals surface area contributed by atoms with Gasteiger partial charge in [0, 0.05) is 44.3 Å². The van der Waals surface area contributed by atoms with Crippen molar-refractivity contribution < 1.29 is 63.2 Å². The fraction of sp³-hybridized carbons (Fsp3) is 0.125. The molecule has 4 rings (SSSR count). The number of hydrogen-bond donors (Lipinski definition) is 2. The molecule has 3 N–H and O–H groups in total. The molecule has 0 aliphatic rings. The minimum absolute atomic E-state index is 0. The van der Waals surface area contributed by atoms with Crippen LogP contribution in [0.1, 0.15) is 36.7 Å². The first-order chi connectivity index (χ1) is 20.2. The van der Waals surface area contributed by atoms with Crippen LogP contribution in [-0.2, 0) is 35.4 Å². The van der Waals surface area contributed by atoms with Gasteiger partial charge in [-0.1, -0.05) is 97.1 Å². The van der Waals surface area contributed by atoms with Gasteiger partial charge in [-0.05, 0) is 29.8 Å². The molecule has 3 radical (unpaired) electrons. The fourth-order valence-electron chi connectivity index (χ4n) is 2.46. The SMILES string of the molecule is CC(=O)OOC(C)=O.Nc1ccccc1.O=Cc1ccccc1.[B-]OC(C)=O.[Na+].c1ccc(CNc2ccccc2)cc1. The number of nitrogen functional groups attached to an aromatic ring is 1. The van der Waals surface area contributed by atoms with Crippen LogP contribution in [0.15, 0.2) is 121 Å². The molecule has 11 heteroatoms. The molecule has 4 aromatic carbocycles. The molecule has 0 fully saturated rings. The number of carbonyl (C=O) groups is 4. The maximum Gasteiger partial charge on any atom is 1.00 e. The Labute approximate surface area is 276 Å². The number of anilines is 2. The Hall–Kier alpha value is -4.38. The molecule has 0 saturated heterocycles. The largest absolute Gasteiger partial charge is 1.00 e. The normalized spacial score (nSPS) is 8.37. The van der Waals surface area contributed by atoms with Crippen molar-refractivity contribution in [3.8, 4) is 0 Å². The molecule has 219 valence electrons. The number of benzene rings is 4. The van der Waals surface area contributed by atoms with Crippen LogP contribution >= 0.6 is 0 Å². The van der Waals surface area contributed by atoms with E-state index in [9.17, 15) is 19.2 Å². The third-order valence-electron chi connectivity index (χ3n) is 4.29. The van der Waals surface area contributed by atoms with Crippen molar-refractivity contribution in [1.29, 1.82) is 0 Å². The second-order valence-electron chi connectivity index (χ2n) is 7.90. The van der Waals surface area contributed by atoms with E-state index in [0.29, 0.717) is 0 Å². The first-order valence-electron chi connectivity index (χ1n) is 12.5. The van der Waals surface area contributed by atoms with Gasteiger partial charge in [0.2, 0.25) is 5.97 Å². The van der Waals surface area contributed by atoms with Crippen molar-refractivity contribution in [2.75, 3.05) is 11.1 Å². The van der Waals surface area contributed by atoms with Gasteiger partial charge in [-0.15, -0.1) is 0 Å². The van der Waals surface area contributed by atoms with E-state index in [1.807, 2.05) is 72.8 Å². The van der Waals surface area contributed by atoms with Gasteiger partial charge >= 0.3 is 41.5 Å². The Morgan fingerprint density at radius 1 is 0.674 bits per heavy atom. The minimum Gasteiger partial charge on any atom is -0.793 e. The molecule has 0 spiro atoms. The van der Waals surface area contributed by atoms with Crippen LogP contribution in [-0.4, -0.2) is 32.2 Å². The van der Waals surface area contributed by atoms with E-state index in [0.717, 1.165) is 43.6 Å². The average molecular weight is 593 g/mol. The average Bonchev–Trinajstić information content (AvgIpc) is 3.02. The van der Waals surface area contributed by atoms with Crippen molar-refractivity contribution >= 4 is 43.6 Å². The smallest absolute Gasteiger partial charge is 0.793 e. The third kappa shape index (κ3) is 27.6. The summed E-state index contributed by atoms with van der Waals surface area (Å²) in [6, 6.07) is 39.2. The van der Waals surface area contributed by atoms with Crippen molar-refractivity contribution in [3.63, 3.8) is 0 Å². The van der Waals surface area contributed by atoms with E-state index < -0.39 is 17.9 Å². The number of para-hydroxylation sites is 2. The van der Waals surface area contributed by atoms with Crippen LogP contribution in [0.4, 0.5) is 11.4 Å². The molecule has 4 aromatic rings.